The number of rotatable bonds is 4. The molecule has 140 valence electrons. The van der Waals surface area contributed by atoms with E-state index < -0.39 is 17.6 Å². The van der Waals surface area contributed by atoms with Gasteiger partial charge >= 0.3 is 0 Å². The normalized spacial score (nSPS) is 23.4. The predicted octanol–water partition coefficient (Wildman–Crippen LogP) is 1.73. The minimum absolute atomic E-state index is 0.0154. The first-order valence-electron chi connectivity index (χ1n) is 8.63. The number of benzene rings is 1. The largest absolute Gasteiger partial charge is 0.341 e. The Bertz CT molecular complexity index is 734. The summed E-state index contributed by atoms with van der Waals surface area (Å²) < 4.78 is 0. The van der Waals surface area contributed by atoms with Crippen molar-refractivity contribution in [1.82, 2.24) is 15.1 Å². The average molecular weight is 398 g/mol. The first-order valence-corrected chi connectivity index (χ1v) is 9.38. The zero-order valence-electron chi connectivity index (χ0n) is 14.5. The van der Waals surface area contributed by atoms with Crippen LogP contribution >= 0.6 is 23.2 Å². The summed E-state index contributed by atoms with van der Waals surface area (Å²) in [7, 11) is 1.62. The van der Waals surface area contributed by atoms with Crippen molar-refractivity contribution in [3.8, 4) is 0 Å². The van der Waals surface area contributed by atoms with Crippen molar-refractivity contribution >= 4 is 40.8 Å². The summed E-state index contributed by atoms with van der Waals surface area (Å²) in [5, 5.41) is 4.09. The van der Waals surface area contributed by atoms with Crippen LogP contribution in [0.2, 0.25) is 10.0 Å². The fourth-order valence-electron chi connectivity index (χ4n) is 3.51. The van der Waals surface area contributed by atoms with E-state index in [1.807, 2.05) is 0 Å². The van der Waals surface area contributed by atoms with Crippen molar-refractivity contribution in [3.05, 3.63) is 33.8 Å². The van der Waals surface area contributed by atoms with Crippen LogP contribution in [0.1, 0.15) is 18.4 Å². The molecule has 2 aliphatic heterocycles. The number of amides is 2. The molecule has 6 nitrogen and oxygen atoms in total. The summed E-state index contributed by atoms with van der Waals surface area (Å²) in [6, 6.07) is 5.12. The second-order valence-corrected chi connectivity index (χ2v) is 7.63. The minimum Gasteiger partial charge on any atom is -0.341 e. The molecule has 2 heterocycles. The number of piperidine rings is 1. The zero-order valence-corrected chi connectivity index (χ0v) is 16.0. The van der Waals surface area contributed by atoms with Gasteiger partial charge in [0.1, 0.15) is 5.92 Å². The van der Waals surface area contributed by atoms with Crippen molar-refractivity contribution < 1.29 is 14.4 Å². The Morgan fingerprint density at radius 3 is 2.73 bits per heavy atom. The first-order chi connectivity index (χ1) is 12.4. The van der Waals surface area contributed by atoms with Crippen LogP contribution in [0.5, 0.6) is 0 Å². The average Bonchev–Trinajstić information content (AvgIpc) is 2.93. The van der Waals surface area contributed by atoms with Gasteiger partial charge in [0.2, 0.25) is 11.7 Å². The molecule has 2 unspecified atom stereocenters. The zero-order chi connectivity index (χ0) is 18.8. The van der Waals surface area contributed by atoms with Crippen LogP contribution in [0, 0.1) is 5.92 Å². The molecule has 1 N–H and O–H groups in total. The molecule has 2 atom stereocenters. The Morgan fingerprint density at radius 1 is 1.31 bits per heavy atom. The maximum Gasteiger partial charge on any atom is 0.291 e. The molecule has 2 amide bonds. The number of halogens is 2. The predicted molar refractivity (Wildman–Crippen MR) is 99.0 cm³/mol. The number of nitrogens with one attached hydrogen (secondary N) is 1. The molecule has 2 aliphatic rings. The topological polar surface area (TPSA) is 69.7 Å². The van der Waals surface area contributed by atoms with Gasteiger partial charge in [-0.2, -0.15) is 0 Å². The number of hydrogen-bond acceptors (Lipinski definition) is 4. The summed E-state index contributed by atoms with van der Waals surface area (Å²) in [5.41, 5.74) is 0.806. The van der Waals surface area contributed by atoms with Crippen molar-refractivity contribution in [1.29, 1.82) is 0 Å². The second-order valence-electron chi connectivity index (χ2n) is 6.82. The number of hydrogen-bond donors (Lipinski definition) is 1. The van der Waals surface area contributed by atoms with Crippen molar-refractivity contribution in [3.63, 3.8) is 0 Å². The third-order valence-electron chi connectivity index (χ3n) is 4.96. The van der Waals surface area contributed by atoms with E-state index in [1.54, 1.807) is 30.1 Å². The van der Waals surface area contributed by atoms with Crippen LogP contribution in [0.4, 0.5) is 0 Å². The number of likely N-dealkylation sites (tertiary alicyclic amines) is 1. The van der Waals surface area contributed by atoms with Crippen LogP contribution in [-0.4, -0.2) is 60.1 Å². The van der Waals surface area contributed by atoms with Gasteiger partial charge in [0.25, 0.3) is 5.91 Å². The molecular weight excluding hydrogens is 377 g/mol. The molecule has 0 bridgehead atoms. The molecule has 1 aromatic carbocycles. The van der Waals surface area contributed by atoms with E-state index in [-0.39, 0.29) is 18.5 Å². The first kappa shape index (κ1) is 19.1. The van der Waals surface area contributed by atoms with E-state index in [9.17, 15) is 14.4 Å². The number of carbonyl (C=O) groups excluding carboxylic acids is 3. The Hall–Kier alpha value is -1.63. The van der Waals surface area contributed by atoms with Crippen LogP contribution in [0.25, 0.3) is 0 Å². The van der Waals surface area contributed by atoms with Gasteiger partial charge in [-0.3, -0.25) is 14.4 Å². The van der Waals surface area contributed by atoms with E-state index >= 15 is 0 Å². The lowest BCUT2D eigenvalue weighted by Gasteiger charge is -2.31. The molecule has 26 heavy (non-hydrogen) atoms. The smallest absolute Gasteiger partial charge is 0.291 e. The summed E-state index contributed by atoms with van der Waals surface area (Å²) in [6.07, 6.45) is 1.81. The maximum absolute atomic E-state index is 12.7. The summed E-state index contributed by atoms with van der Waals surface area (Å²) >= 11 is 11.9. The fraction of sp³-hybridized carbons (Fsp3) is 0.500. The molecule has 2 saturated heterocycles. The van der Waals surface area contributed by atoms with Gasteiger partial charge in [-0.1, -0.05) is 29.3 Å². The number of nitrogens with zero attached hydrogens (tertiary/aromatic N) is 2. The van der Waals surface area contributed by atoms with Crippen LogP contribution in [0.3, 0.4) is 0 Å². The molecule has 1 aromatic rings. The van der Waals surface area contributed by atoms with Gasteiger partial charge in [0.05, 0.1) is 10.0 Å². The van der Waals surface area contributed by atoms with Gasteiger partial charge in [0.15, 0.2) is 0 Å². The van der Waals surface area contributed by atoms with E-state index in [4.69, 9.17) is 23.2 Å². The monoisotopic (exact) mass is 397 g/mol. The molecule has 0 spiro atoms. The van der Waals surface area contributed by atoms with E-state index in [2.05, 4.69) is 5.32 Å². The van der Waals surface area contributed by atoms with E-state index in [0.717, 1.165) is 24.9 Å². The Morgan fingerprint density at radius 2 is 2.08 bits per heavy atom. The highest BCUT2D eigenvalue weighted by Gasteiger charge is 2.46. The molecular formula is C18H21Cl2N3O3. The van der Waals surface area contributed by atoms with Crippen molar-refractivity contribution in [2.24, 2.45) is 5.92 Å². The quantitative estimate of drug-likeness (QED) is 0.620. The molecule has 2 fully saturated rings. The third-order valence-corrected chi connectivity index (χ3v) is 5.70. The molecule has 8 heteroatoms. The van der Waals surface area contributed by atoms with Crippen molar-refractivity contribution in [2.75, 3.05) is 26.7 Å². The second kappa shape index (κ2) is 7.94. The Kier molecular flexibility index (Phi) is 5.85. The fourth-order valence-corrected chi connectivity index (χ4v) is 3.83. The highest BCUT2D eigenvalue weighted by Crippen LogP contribution is 2.25. The van der Waals surface area contributed by atoms with Crippen molar-refractivity contribution in [2.45, 2.75) is 25.4 Å². The van der Waals surface area contributed by atoms with Gasteiger partial charge in [0, 0.05) is 32.7 Å². The highest BCUT2D eigenvalue weighted by molar-refractivity contribution is 6.42. The van der Waals surface area contributed by atoms with Gasteiger partial charge in [-0.15, -0.1) is 0 Å². The summed E-state index contributed by atoms with van der Waals surface area (Å²) in [4.78, 5) is 40.4. The van der Waals surface area contributed by atoms with Gasteiger partial charge in [-0.25, -0.2) is 0 Å². The molecule has 0 aliphatic carbocycles. The van der Waals surface area contributed by atoms with Gasteiger partial charge in [-0.05, 0) is 37.1 Å². The van der Waals surface area contributed by atoms with Crippen LogP contribution in [-0.2, 0) is 20.9 Å². The third kappa shape index (κ3) is 3.87. The van der Waals surface area contributed by atoms with Crippen LogP contribution < -0.4 is 5.32 Å². The molecule has 0 aromatic heterocycles. The summed E-state index contributed by atoms with van der Waals surface area (Å²) in [5.74, 6) is -2.43. The van der Waals surface area contributed by atoms with Crippen LogP contribution in [0.15, 0.2) is 18.2 Å². The summed E-state index contributed by atoms with van der Waals surface area (Å²) in [6.45, 7) is 2.04. The lowest BCUT2D eigenvalue weighted by Crippen LogP contribution is -2.47. The Labute approximate surface area is 162 Å². The number of carbonyl (C=O) groups is 3. The number of ketones is 1. The lowest BCUT2D eigenvalue weighted by atomic mass is 10.0. The van der Waals surface area contributed by atoms with Gasteiger partial charge < -0.3 is 15.1 Å². The maximum atomic E-state index is 12.7. The standard InChI is InChI=1S/C18H21Cl2N3O3/c1-22(9-11-4-5-14(19)15(20)7-11)17(25)13-10-23(18(26)16(13)24)12-3-2-6-21-8-12/h4-5,7,12-13,21H,2-3,6,8-10H2,1H3. The van der Waals surface area contributed by atoms with E-state index in [0.29, 0.717) is 23.1 Å². The minimum atomic E-state index is -0.933. The number of Topliss-reactive ketones (excluding diaryl/α,β-unsaturated/α-hetero) is 1. The van der Waals surface area contributed by atoms with E-state index in [1.165, 1.54) is 4.90 Å². The highest BCUT2D eigenvalue weighted by atomic mass is 35.5. The molecule has 0 saturated carbocycles. The molecule has 0 radical (unpaired) electrons. The lowest BCUT2D eigenvalue weighted by molar-refractivity contribution is -0.145. The SMILES string of the molecule is CN(Cc1ccc(Cl)c(Cl)c1)C(=O)C1CN(C2CCCNC2)C(=O)C1=O. The Balaban J connectivity index is 1.67. The molecule has 3 rings (SSSR count).